The molecule has 0 fully saturated rings. The first kappa shape index (κ1) is 6.49. The number of nitrogens with one attached hydrogen (secondary N) is 1. The molecule has 0 spiro atoms. The molecule has 5 nitrogen and oxygen atoms in total. The van der Waals surface area contributed by atoms with Crippen molar-refractivity contribution in [2.24, 2.45) is 0 Å². The van der Waals surface area contributed by atoms with Crippen molar-refractivity contribution in [1.82, 2.24) is 19.9 Å². The summed E-state index contributed by atoms with van der Waals surface area (Å²) >= 11 is 0. The summed E-state index contributed by atoms with van der Waals surface area (Å²) in [6.45, 7) is 0. The second-order valence-electron chi connectivity index (χ2n) is 2.07. The zero-order valence-corrected chi connectivity index (χ0v) is 6.73. The number of nitrogen functional groups attached to an aromatic ring is 1. The summed E-state index contributed by atoms with van der Waals surface area (Å²) in [4.78, 5) is 14.8. The van der Waals surface area contributed by atoms with Crippen LogP contribution in [-0.4, -0.2) is 19.9 Å². The lowest BCUT2D eigenvalue weighted by Crippen LogP contribution is -2.07. The van der Waals surface area contributed by atoms with Gasteiger partial charge in [0.25, 0.3) is 0 Å². The van der Waals surface area contributed by atoms with Gasteiger partial charge in [0.15, 0.2) is 11.5 Å². The van der Waals surface area contributed by atoms with Crippen LogP contribution in [0.3, 0.4) is 0 Å². The van der Waals surface area contributed by atoms with Gasteiger partial charge < -0.3 is 10.7 Å². The number of fused-ring (bicyclic) bond motifs is 1. The number of imidazole rings is 1. The van der Waals surface area contributed by atoms with E-state index in [1.807, 2.05) is 0 Å². The molecule has 1 atom stereocenters. The second kappa shape index (κ2) is 2.13. The van der Waals surface area contributed by atoms with Gasteiger partial charge in [0.1, 0.15) is 11.1 Å². The minimum absolute atomic E-state index is 0.404. The Morgan fingerprint density at radius 3 is 3.09 bits per heavy atom. The Hall–Kier alpha value is -1.22. The van der Waals surface area contributed by atoms with E-state index in [0.29, 0.717) is 22.5 Å². The summed E-state index contributed by atoms with van der Waals surface area (Å²) in [5.41, 5.74) is 7.41. The molecule has 0 saturated heterocycles. The SMILES string of the molecule is Nc1nc(P)nc2[nH]cnc12. The Morgan fingerprint density at radius 1 is 1.45 bits per heavy atom. The van der Waals surface area contributed by atoms with Gasteiger partial charge >= 0.3 is 0 Å². The minimum Gasteiger partial charge on any atom is -0.382 e. The summed E-state index contributed by atoms with van der Waals surface area (Å²) in [7, 11) is 2.38. The molecule has 11 heavy (non-hydrogen) atoms. The number of H-pyrrole nitrogens is 1. The third-order valence-electron chi connectivity index (χ3n) is 1.32. The average molecular weight is 167 g/mol. The zero-order valence-electron chi connectivity index (χ0n) is 5.57. The van der Waals surface area contributed by atoms with E-state index >= 15 is 0 Å². The zero-order chi connectivity index (χ0) is 7.84. The maximum Gasteiger partial charge on any atom is 0.163 e. The molecule has 2 aromatic rings. The Morgan fingerprint density at radius 2 is 2.27 bits per heavy atom. The molecule has 0 saturated carbocycles. The highest BCUT2D eigenvalue weighted by atomic mass is 31.0. The molecule has 0 aliphatic rings. The Labute approximate surface area is 64.7 Å². The van der Waals surface area contributed by atoms with Crippen LogP contribution in [0.5, 0.6) is 0 Å². The van der Waals surface area contributed by atoms with Gasteiger partial charge in [-0.15, -0.1) is 0 Å². The van der Waals surface area contributed by atoms with E-state index in [-0.39, 0.29) is 0 Å². The molecule has 1 unspecified atom stereocenters. The monoisotopic (exact) mass is 167 g/mol. The third-order valence-corrected chi connectivity index (χ3v) is 1.58. The number of nitrogens with zero attached hydrogens (tertiary/aromatic N) is 3. The van der Waals surface area contributed by atoms with E-state index < -0.39 is 0 Å². The van der Waals surface area contributed by atoms with Crippen LogP contribution < -0.4 is 11.3 Å². The molecule has 56 valence electrons. The molecule has 2 aromatic heterocycles. The highest BCUT2D eigenvalue weighted by molar-refractivity contribution is 7.26. The highest BCUT2D eigenvalue weighted by Gasteiger charge is 2.02. The van der Waals surface area contributed by atoms with E-state index in [9.17, 15) is 0 Å². The average Bonchev–Trinajstić information content (AvgIpc) is 2.34. The Balaban J connectivity index is 2.91. The number of hydrogen-bond donors (Lipinski definition) is 2. The van der Waals surface area contributed by atoms with E-state index in [2.05, 4.69) is 29.2 Å². The van der Waals surface area contributed by atoms with Gasteiger partial charge in [-0.1, -0.05) is 9.24 Å². The molecular weight excluding hydrogens is 161 g/mol. The van der Waals surface area contributed by atoms with Crippen LogP contribution >= 0.6 is 9.24 Å². The quantitative estimate of drug-likeness (QED) is 0.515. The van der Waals surface area contributed by atoms with Crippen molar-refractivity contribution in [2.75, 3.05) is 5.73 Å². The number of anilines is 1. The Kier molecular flexibility index (Phi) is 1.26. The molecule has 0 radical (unpaired) electrons. The lowest BCUT2D eigenvalue weighted by molar-refractivity contribution is 1.28. The van der Waals surface area contributed by atoms with Gasteiger partial charge in [0.05, 0.1) is 6.33 Å². The van der Waals surface area contributed by atoms with Crippen molar-refractivity contribution in [1.29, 1.82) is 0 Å². The molecule has 0 aliphatic heterocycles. The van der Waals surface area contributed by atoms with Gasteiger partial charge in [-0.05, 0) is 0 Å². The van der Waals surface area contributed by atoms with Crippen molar-refractivity contribution in [3.8, 4) is 0 Å². The van der Waals surface area contributed by atoms with E-state index in [1.165, 1.54) is 0 Å². The van der Waals surface area contributed by atoms with E-state index in [0.717, 1.165) is 0 Å². The van der Waals surface area contributed by atoms with Crippen molar-refractivity contribution >= 4 is 31.8 Å². The van der Waals surface area contributed by atoms with E-state index in [1.54, 1.807) is 6.33 Å². The normalized spacial score (nSPS) is 10.6. The summed E-state index contributed by atoms with van der Waals surface area (Å²) in [6, 6.07) is 0. The molecular formula is C5H6N5P. The fourth-order valence-electron chi connectivity index (χ4n) is 0.876. The second-order valence-corrected chi connectivity index (χ2v) is 2.58. The minimum atomic E-state index is 0.404. The molecule has 2 heterocycles. The predicted molar refractivity (Wildman–Crippen MR) is 45.4 cm³/mol. The van der Waals surface area contributed by atoms with Crippen LogP contribution in [0, 0.1) is 0 Å². The van der Waals surface area contributed by atoms with Crippen LogP contribution in [0.4, 0.5) is 5.82 Å². The van der Waals surface area contributed by atoms with Gasteiger partial charge in [-0.2, -0.15) is 0 Å². The summed E-state index contributed by atoms with van der Waals surface area (Å²) in [5, 5.41) is 0. The lowest BCUT2D eigenvalue weighted by Gasteiger charge is -1.94. The number of aromatic nitrogens is 4. The molecule has 3 N–H and O–H groups in total. The Bertz CT molecular complexity index is 395. The molecule has 0 aromatic carbocycles. The largest absolute Gasteiger partial charge is 0.382 e. The van der Waals surface area contributed by atoms with Crippen LogP contribution in [-0.2, 0) is 0 Å². The number of hydrogen-bond acceptors (Lipinski definition) is 4. The molecule has 0 bridgehead atoms. The van der Waals surface area contributed by atoms with Gasteiger partial charge in [0, 0.05) is 0 Å². The molecule has 0 aliphatic carbocycles. The van der Waals surface area contributed by atoms with Crippen LogP contribution in [0.15, 0.2) is 6.33 Å². The van der Waals surface area contributed by atoms with Crippen LogP contribution in [0.1, 0.15) is 0 Å². The first-order valence-electron chi connectivity index (χ1n) is 2.99. The maximum atomic E-state index is 5.55. The van der Waals surface area contributed by atoms with Crippen LogP contribution in [0.2, 0.25) is 0 Å². The van der Waals surface area contributed by atoms with Crippen molar-refractivity contribution < 1.29 is 0 Å². The summed E-state index contributed by atoms with van der Waals surface area (Å²) < 4.78 is 0. The first-order valence-corrected chi connectivity index (χ1v) is 3.57. The molecule has 2 rings (SSSR count). The van der Waals surface area contributed by atoms with Crippen LogP contribution in [0.25, 0.3) is 11.2 Å². The number of rotatable bonds is 0. The van der Waals surface area contributed by atoms with Crippen molar-refractivity contribution in [2.45, 2.75) is 0 Å². The summed E-state index contributed by atoms with van der Waals surface area (Å²) in [6.07, 6.45) is 1.54. The van der Waals surface area contributed by atoms with Gasteiger partial charge in [0.2, 0.25) is 0 Å². The van der Waals surface area contributed by atoms with E-state index in [4.69, 9.17) is 5.73 Å². The van der Waals surface area contributed by atoms with Gasteiger partial charge in [-0.25, -0.2) is 15.0 Å². The van der Waals surface area contributed by atoms with Crippen molar-refractivity contribution in [3.05, 3.63) is 6.33 Å². The fourth-order valence-corrected chi connectivity index (χ4v) is 1.14. The molecule has 6 heteroatoms. The number of nitrogens with two attached hydrogens (primary N) is 1. The van der Waals surface area contributed by atoms with Crippen molar-refractivity contribution in [3.63, 3.8) is 0 Å². The standard InChI is InChI=1S/C5H6N5P/c6-3-2-4(8-1-7-2)10-5(11)9-3/h1H,11H2,(H3,6,7,8,9,10). The molecule has 0 amide bonds. The maximum absolute atomic E-state index is 5.55. The highest BCUT2D eigenvalue weighted by Crippen LogP contribution is 2.09. The smallest absolute Gasteiger partial charge is 0.163 e. The lowest BCUT2D eigenvalue weighted by atomic mass is 10.5. The fraction of sp³-hybridized carbons (Fsp3) is 0. The topological polar surface area (TPSA) is 80.5 Å². The first-order chi connectivity index (χ1) is 5.27. The third kappa shape index (κ3) is 0.935. The predicted octanol–water partition coefficient (Wildman–Crippen LogP) is -0.565. The summed E-state index contributed by atoms with van der Waals surface area (Å²) in [5.74, 6) is 0.404. The number of aromatic amines is 1. The van der Waals surface area contributed by atoms with Gasteiger partial charge in [-0.3, -0.25) is 0 Å².